The standard InChI is InChI=1S/C12H4Cl6O2/c13-4-1-2-6(5(19)3-4)20-12-10(17)8(15)7(14)9(16)11(12)18/h1-3,19H. The largest absolute Gasteiger partial charge is 0.504 e. The van der Waals surface area contributed by atoms with E-state index < -0.39 is 0 Å². The van der Waals surface area contributed by atoms with Gasteiger partial charge in [-0.1, -0.05) is 69.6 Å². The molecule has 106 valence electrons. The van der Waals surface area contributed by atoms with Gasteiger partial charge in [0.25, 0.3) is 0 Å². The molecule has 0 unspecified atom stereocenters. The Balaban J connectivity index is 2.54. The van der Waals surface area contributed by atoms with Crippen LogP contribution in [0.1, 0.15) is 0 Å². The molecule has 0 bridgehead atoms. The van der Waals surface area contributed by atoms with Gasteiger partial charge in [0.1, 0.15) is 10.0 Å². The van der Waals surface area contributed by atoms with Crippen LogP contribution in [0, 0.1) is 0 Å². The zero-order valence-electron chi connectivity index (χ0n) is 9.36. The highest BCUT2D eigenvalue weighted by atomic mass is 35.5. The molecule has 0 atom stereocenters. The Labute approximate surface area is 144 Å². The predicted molar refractivity (Wildman–Crippen MR) is 84.7 cm³/mol. The van der Waals surface area contributed by atoms with E-state index in [-0.39, 0.29) is 42.4 Å². The number of phenolic OH excluding ortho intramolecular Hbond substituents is 1. The first-order valence-corrected chi connectivity index (χ1v) is 7.27. The van der Waals surface area contributed by atoms with Crippen molar-refractivity contribution in [2.24, 2.45) is 0 Å². The van der Waals surface area contributed by atoms with Gasteiger partial charge < -0.3 is 9.84 Å². The maximum absolute atomic E-state index is 9.74. The van der Waals surface area contributed by atoms with Crippen molar-refractivity contribution in [3.63, 3.8) is 0 Å². The molecule has 2 rings (SSSR count). The first-order chi connectivity index (χ1) is 9.32. The maximum Gasteiger partial charge on any atom is 0.169 e. The van der Waals surface area contributed by atoms with Crippen LogP contribution in [0.3, 0.4) is 0 Å². The molecule has 0 spiro atoms. The highest BCUT2D eigenvalue weighted by molar-refractivity contribution is 6.55. The van der Waals surface area contributed by atoms with Gasteiger partial charge >= 0.3 is 0 Å². The van der Waals surface area contributed by atoms with E-state index in [1.54, 1.807) is 0 Å². The summed E-state index contributed by atoms with van der Waals surface area (Å²) in [5, 5.41) is 10.1. The normalized spacial score (nSPS) is 10.7. The van der Waals surface area contributed by atoms with Crippen LogP contribution in [-0.2, 0) is 0 Å². The molecule has 2 nitrogen and oxygen atoms in total. The quantitative estimate of drug-likeness (QED) is 0.436. The maximum atomic E-state index is 9.74. The summed E-state index contributed by atoms with van der Waals surface area (Å²) in [7, 11) is 0. The Morgan fingerprint density at radius 2 is 1.25 bits per heavy atom. The number of hydrogen-bond acceptors (Lipinski definition) is 2. The summed E-state index contributed by atoms with van der Waals surface area (Å²) in [6.45, 7) is 0. The van der Waals surface area contributed by atoms with Crippen LogP contribution in [0.15, 0.2) is 18.2 Å². The van der Waals surface area contributed by atoms with E-state index >= 15 is 0 Å². The lowest BCUT2D eigenvalue weighted by atomic mass is 10.3. The average Bonchev–Trinajstić information content (AvgIpc) is 2.41. The highest BCUT2D eigenvalue weighted by Crippen LogP contribution is 2.50. The molecule has 8 heteroatoms. The van der Waals surface area contributed by atoms with Crippen LogP contribution < -0.4 is 4.74 Å². The Kier molecular flexibility index (Phi) is 5.06. The second kappa shape index (κ2) is 6.27. The lowest BCUT2D eigenvalue weighted by Crippen LogP contribution is -1.90. The third-order valence-electron chi connectivity index (χ3n) is 2.30. The fraction of sp³-hybridized carbons (Fsp3) is 0. The monoisotopic (exact) mass is 390 g/mol. The first kappa shape index (κ1) is 16.2. The molecule has 0 aliphatic carbocycles. The SMILES string of the molecule is Oc1cc(Cl)ccc1Oc1c(Cl)c(Cl)c(Cl)c(Cl)c1Cl. The van der Waals surface area contributed by atoms with Crippen molar-refractivity contribution >= 4 is 69.6 Å². The van der Waals surface area contributed by atoms with Crippen molar-refractivity contribution < 1.29 is 9.84 Å². The zero-order chi connectivity index (χ0) is 15.0. The molecule has 0 aliphatic heterocycles. The van der Waals surface area contributed by atoms with Crippen LogP contribution in [0.2, 0.25) is 30.1 Å². The van der Waals surface area contributed by atoms with Gasteiger partial charge in [-0.3, -0.25) is 0 Å². The van der Waals surface area contributed by atoms with Gasteiger partial charge in [0.05, 0.1) is 15.1 Å². The molecular formula is C12H4Cl6O2. The van der Waals surface area contributed by atoms with Crippen LogP contribution >= 0.6 is 69.6 Å². The second-order valence-electron chi connectivity index (χ2n) is 3.61. The molecule has 0 aromatic heterocycles. The summed E-state index contributed by atoms with van der Waals surface area (Å²) in [6, 6.07) is 4.27. The van der Waals surface area contributed by atoms with Gasteiger partial charge in [0.2, 0.25) is 0 Å². The molecular weight excluding hydrogens is 389 g/mol. The van der Waals surface area contributed by atoms with E-state index in [9.17, 15) is 5.11 Å². The number of phenols is 1. The number of benzene rings is 2. The minimum atomic E-state index is -0.188. The molecule has 2 aromatic rings. The van der Waals surface area contributed by atoms with Crippen molar-refractivity contribution in [2.45, 2.75) is 0 Å². The fourth-order valence-corrected chi connectivity index (χ4v) is 2.73. The van der Waals surface area contributed by atoms with Crippen molar-refractivity contribution in [1.29, 1.82) is 0 Å². The number of rotatable bonds is 2. The van der Waals surface area contributed by atoms with Gasteiger partial charge in [-0.2, -0.15) is 0 Å². The molecule has 1 N–H and O–H groups in total. The van der Waals surface area contributed by atoms with E-state index in [1.165, 1.54) is 18.2 Å². The van der Waals surface area contributed by atoms with Crippen LogP contribution in [0.4, 0.5) is 0 Å². The molecule has 0 heterocycles. The number of halogens is 6. The fourth-order valence-electron chi connectivity index (χ4n) is 1.36. The molecule has 0 fully saturated rings. The molecule has 0 aliphatic rings. The summed E-state index contributed by atoms with van der Waals surface area (Å²) >= 11 is 35.5. The summed E-state index contributed by atoms with van der Waals surface area (Å²) < 4.78 is 5.44. The highest BCUT2D eigenvalue weighted by Gasteiger charge is 2.21. The Morgan fingerprint density at radius 3 is 1.75 bits per heavy atom. The first-order valence-electron chi connectivity index (χ1n) is 5.00. The number of aromatic hydroxyl groups is 1. The van der Waals surface area contributed by atoms with E-state index in [1.807, 2.05) is 0 Å². The van der Waals surface area contributed by atoms with Crippen molar-refractivity contribution in [3.8, 4) is 17.2 Å². The molecule has 20 heavy (non-hydrogen) atoms. The molecule has 2 aromatic carbocycles. The Hall–Kier alpha value is -0.220. The number of ether oxygens (including phenoxy) is 1. The Morgan fingerprint density at radius 1 is 0.750 bits per heavy atom. The van der Waals surface area contributed by atoms with E-state index in [0.717, 1.165) is 0 Å². The van der Waals surface area contributed by atoms with E-state index in [4.69, 9.17) is 74.3 Å². The summed E-state index contributed by atoms with van der Waals surface area (Å²) in [5.41, 5.74) is 0. The van der Waals surface area contributed by atoms with Gasteiger partial charge in [0, 0.05) is 11.1 Å². The lowest BCUT2D eigenvalue weighted by molar-refractivity contribution is 0.411. The zero-order valence-corrected chi connectivity index (χ0v) is 13.9. The molecule has 0 saturated heterocycles. The smallest absolute Gasteiger partial charge is 0.169 e. The van der Waals surface area contributed by atoms with Crippen LogP contribution in [0.25, 0.3) is 0 Å². The van der Waals surface area contributed by atoms with Crippen molar-refractivity contribution in [1.82, 2.24) is 0 Å². The van der Waals surface area contributed by atoms with Gasteiger partial charge in [-0.05, 0) is 12.1 Å². The third kappa shape index (κ3) is 3.01. The van der Waals surface area contributed by atoms with Crippen LogP contribution in [-0.4, -0.2) is 5.11 Å². The molecule has 0 amide bonds. The summed E-state index contributed by atoms with van der Waals surface area (Å²) in [5.74, 6) is -0.107. The minimum Gasteiger partial charge on any atom is -0.504 e. The number of hydrogen-bond donors (Lipinski definition) is 1. The second-order valence-corrected chi connectivity index (χ2v) is 5.94. The lowest BCUT2D eigenvalue weighted by Gasteiger charge is -2.14. The minimum absolute atomic E-state index is 0.00573. The van der Waals surface area contributed by atoms with Crippen LogP contribution in [0.5, 0.6) is 17.2 Å². The van der Waals surface area contributed by atoms with Crippen molar-refractivity contribution in [2.75, 3.05) is 0 Å². The van der Waals surface area contributed by atoms with E-state index in [2.05, 4.69) is 0 Å². The van der Waals surface area contributed by atoms with Gasteiger partial charge in [-0.15, -0.1) is 0 Å². The predicted octanol–water partition coefficient (Wildman–Crippen LogP) is 7.10. The molecule has 0 radical (unpaired) electrons. The summed E-state index contributed by atoms with van der Waals surface area (Å²) in [6.07, 6.45) is 0. The topological polar surface area (TPSA) is 29.5 Å². The van der Waals surface area contributed by atoms with Gasteiger partial charge in [-0.25, -0.2) is 0 Å². The van der Waals surface area contributed by atoms with Gasteiger partial charge in [0.15, 0.2) is 17.2 Å². The van der Waals surface area contributed by atoms with E-state index in [0.29, 0.717) is 5.02 Å². The van der Waals surface area contributed by atoms with Crippen molar-refractivity contribution in [3.05, 3.63) is 48.3 Å². The molecule has 0 saturated carbocycles. The Bertz CT molecular complexity index is 657. The third-order valence-corrected chi connectivity index (χ3v) is 4.78. The average molecular weight is 393 g/mol. The summed E-state index contributed by atoms with van der Waals surface area (Å²) in [4.78, 5) is 0.